The molecule has 0 saturated heterocycles. The fraction of sp³-hybridized carbons (Fsp3) is 0.889. The Kier molecular flexibility index (Phi) is 5.48. The molecule has 0 amide bonds. The molecule has 4 nitrogen and oxygen atoms in total. The molecule has 14 heavy (non-hydrogen) atoms. The maximum absolute atomic E-state index is 10.7. The van der Waals surface area contributed by atoms with Crippen molar-refractivity contribution in [3.63, 3.8) is 0 Å². The first-order valence-corrected chi connectivity index (χ1v) is 5.45. The van der Waals surface area contributed by atoms with Crippen LogP contribution in [0.25, 0.3) is 0 Å². The van der Waals surface area contributed by atoms with Gasteiger partial charge in [-0.15, -0.1) is 0 Å². The van der Waals surface area contributed by atoms with Gasteiger partial charge in [0.15, 0.2) is 0 Å². The minimum Gasteiger partial charge on any atom is -0.480 e. The third-order valence-corrected chi connectivity index (χ3v) is 3.74. The summed E-state index contributed by atoms with van der Waals surface area (Å²) in [6, 6.07) is -0.850. The van der Waals surface area contributed by atoms with E-state index in [1.807, 2.05) is 20.8 Å². The van der Waals surface area contributed by atoms with Crippen LogP contribution in [0.3, 0.4) is 0 Å². The summed E-state index contributed by atoms with van der Waals surface area (Å²) in [5.74, 6) is -0.225. The SMILES string of the molecule is COC(C)CSC(C)(C)[C@H](N)C(=O)O. The lowest BCUT2D eigenvalue weighted by molar-refractivity contribution is -0.139. The van der Waals surface area contributed by atoms with Crippen LogP contribution >= 0.6 is 11.8 Å². The maximum Gasteiger partial charge on any atom is 0.321 e. The molecule has 0 spiro atoms. The van der Waals surface area contributed by atoms with Gasteiger partial charge in [-0.25, -0.2) is 0 Å². The number of carbonyl (C=O) groups is 1. The number of methoxy groups -OCH3 is 1. The highest BCUT2D eigenvalue weighted by molar-refractivity contribution is 8.00. The zero-order chi connectivity index (χ0) is 11.4. The van der Waals surface area contributed by atoms with Gasteiger partial charge in [0.25, 0.3) is 0 Å². The standard InChI is InChI=1S/C9H19NO3S/c1-6(13-4)5-14-9(2,3)7(10)8(11)12/h6-7H,5,10H2,1-4H3,(H,11,12)/t6?,7-/m1/s1. The van der Waals surface area contributed by atoms with Gasteiger partial charge in [0, 0.05) is 17.6 Å². The van der Waals surface area contributed by atoms with Crippen LogP contribution in [0.5, 0.6) is 0 Å². The van der Waals surface area contributed by atoms with Gasteiger partial charge in [0.1, 0.15) is 6.04 Å². The number of carboxylic acids is 1. The van der Waals surface area contributed by atoms with Crippen LogP contribution in [0, 0.1) is 0 Å². The molecule has 0 aromatic carbocycles. The van der Waals surface area contributed by atoms with E-state index in [2.05, 4.69) is 0 Å². The van der Waals surface area contributed by atoms with E-state index in [-0.39, 0.29) is 6.10 Å². The van der Waals surface area contributed by atoms with Crippen molar-refractivity contribution in [2.45, 2.75) is 37.7 Å². The van der Waals surface area contributed by atoms with E-state index in [9.17, 15) is 4.79 Å². The van der Waals surface area contributed by atoms with E-state index in [1.54, 1.807) is 7.11 Å². The van der Waals surface area contributed by atoms with Gasteiger partial charge in [-0.1, -0.05) is 0 Å². The minimum atomic E-state index is -0.965. The second-order valence-corrected chi connectivity index (χ2v) is 5.45. The van der Waals surface area contributed by atoms with Crippen molar-refractivity contribution >= 4 is 17.7 Å². The molecule has 0 rings (SSSR count). The molecule has 0 aromatic rings. The Bertz CT molecular complexity index is 196. The first kappa shape index (κ1) is 13.7. The Morgan fingerprint density at radius 3 is 2.50 bits per heavy atom. The smallest absolute Gasteiger partial charge is 0.321 e. The van der Waals surface area contributed by atoms with Crippen molar-refractivity contribution in [3.8, 4) is 0 Å². The average Bonchev–Trinajstić information content (AvgIpc) is 2.12. The molecule has 3 N–H and O–H groups in total. The molecule has 0 fully saturated rings. The Morgan fingerprint density at radius 2 is 2.14 bits per heavy atom. The Balaban J connectivity index is 4.13. The highest BCUT2D eigenvalue weighted by Crippen LogP contribution is 2.28. The molecule has 0 bridgehead atoms. The molecule has 1 unspecified atom stereocenters. The second kappa shape index (κ2) is 5.58. The van der Waals surface area contributed by atoms with Crippen LogP contribution < -0.4 is 5.73 Å². The van der Waals surface area contributed by atoms with Gasteiger partial charge in [0.05, 0.1) is 6.10 Å². The quantitative estimate of drug-likeness (QED) is 0.698. The van der Waals surface area contributed by atoms with Gasteiger partial charge < -0.3 is 15.6 Å². The van der Waals surface area contributed by atoms with E-state index < -0.39 is 16.8 Å². The first-order chi connectivity index (χ1) is 6.31. The van der Waals surface area contributed by atoms with Crippen molar-refractivity contribution < 1.29 is 14.6 Å². The maximum atomic E-state index is 10.7. The molecule has 0 saturated carbocycles. The highest BCUT2D eigenvalue weighted by atomic mass is 32.2. The molecular formula is C9H19NO3S. The summed E-state index contributed by atoms with van der Waals surface area (Å²) >= 11 is 1.52. The molecule has 5 heteroatoms. The number of ether oxygens (including phenoxy) is 1. The Morgan fingerprint density at radius 1 is 1.64 bits per heavy atom. The molecule has 84 valence electrons. The summed E-state index contributed by atoms with van der Waals surface area (Å²) in [6.07, 6.45) is 0.111. The topological polar surface area (TPSA) is 72.5 Å². The van der Waals surface area contributed by atoms with Crippen molar-refractivity contribution in [2.75, 3.05) is 12.9 Å². The number of aliphatic carboxylic acids is 1. The fourth-order valence-corrected chi connectivity index (χ4v) is 1.87. The predicted molar refractivity (Wildman–Crippen MR) is 58.6 cm³/mol. The predicted octanol–water partition coefficient (Wildman–Crippen LogP) is 0.945. The summed E-state index contributed by atoms with van der Waals surface area (Å²) in [5, 5.41) is 8.77. The average molecular weight is 221 g/mol. The monoisotopic (exact) mass is 221 g/mol. The van der Waals surface area contributed by atoms with Crippen molar-refractivity contribution in [3.05, 3.63) is 0 Å². The number of hydrogen-bond acceptors (Lipinski definition) is 4. The molecule has 0 aromatic heterocycles. The summed E-state index contributed by atoms with van der Waals surface area (Å²) in [6.45, 7) is 5.60. The van der Waals surface area contributed by atoms with Crippen LogP contribution in [0.15, 0.2) is 0 Å². The van der Waals surface area contributed by atoms with Gasteiger partial charge in [-0.05, 0) is 20.8 Å². The largest absolute Gasteiger partial charge is 0.480 e. The molecular weight excluding hydrogens is 202 g/mol. The van der Waals surface area contributed by atoms with Crippen LogP contribution in [-0.4, -0.2) is 40.8 Å². The molecule has 0 aliphatic heterocycles. The zero-order valence-corrected chi connectivity index (χ0v) is 9.93. The number of thioether (sulfide) groups is 1. The van der Waals surface area contributed by atoms with E-state index in [4.69, 9.17) is 15.6 Å². The van der Waals surface area contributed by atoms with E-state index >= 15 is 0 Å². The molecule has 2 atom stereocenters. The van der Waals surface area contributed by atoms with E-state index in [0.29, 0.717) is 0 Å². The van der Waals surface area contributed by atoms with Crippen molar-refractivity contribution in [1.29, 1.82) is 0 Å². The van der Waals surface area contributed by atoms with Gasteiger partial charge >= 0.3 is 5.97 Å². The van der Waals surface area contributed by atoms with Gasteiger partial charge in [-0.3, -0.25) is 4.79 Å². The Labute approximate surface area is 89.2 Å². The number of carboxylic acid groups (broad SMARTS) is 1. The van der Waals surface area contributed by atoms with Crippen LogP contribution in [0.1, 0.15) is 20.8 Å². The Hall–Kier alpha value is -0.260. The lowest BCUT2D eigenvalue weighted by Crippen LogP contribution is -2.47. The minimum absolute atomic E-state index is 0.111. The van der Waals surface area contributed by atoms with Crippen molar-refractivity contribution in [1.82, 2.24) is 0 Å². The van der Waals surface area contributed by atoms with E-state index in [1.165, 1.54) is 11.8 Å². The normalized spacial score (nSPS) is 16.4. The number of rotatable bonds is 6. The summed E-state index contributed by atoms with van der Waals surface area (Å²) < 4.78 is 4.60. The van der Waals surface area contributed by atoms with Crippen molar-refractivity contribution in [2.24, 2.45) is 5.73 Å². The van der Waals surface area contributed by atoms with Crippen LogP contribution in [-0.2, 0) is 9.53 Å². The fourth-order valence-electron chi connectivity index (χ4n) is 0.787. The van der Waals surface area contributed by atoms with Gasteiger partial charge in [0.2, 0.25) is 0 Å². The number of nitrogens with two attached hydrogens (primary N) is 1. The second-order valence-electron chi connectivity index (χ2n) is 3.78. The third kappa shape index (κ3) is 4.30. The molecule has 0 aliphatic carbocycles. The first-order valence-electron chi connectivity index (χ1n) is 4.46. The van der Waals surface area contributed by atoms with Crippen LogP contribution in [0.2, 0.25) is 0 Å². The summed E-state index contributed by atoms with van der Waals surface area (Å²) in [7, 11) is 1.63. The lowest BCUT2D eigenvalue weighted by Gasteiger charge is -2.28. The van der Waals surface area contributed by atoms with Gasteiger partial charge in [-0.2, -0.15) is 11.8 Å². The zero-order valence-electron chi connectivity index (χ0n) is 9.11. The molecule has 0 radical (unpaired) electrons. The summed E-state index contributed by atoms with van der Waals surface area (Å²) in [4.78, 5) is 10.7. The summed E-state index contributed by atoms with van der Waals surface area (Å²) in [5.41, 5.74) is 5.56. The lowest BCUT2D eigenvalue weighted by atomic mass is 10.1. The number of hydrogen-bond donors (Lipinski definition) is 2. The van der Waals surface area contributed by atoms with E-state index in [0.717, 1.165) is 5.75 Å². The molecule has 0 heterocycles. The van der Waals surface area contributed by atoms with Crippen LogP contribution in [0.4, 0.5) is 0 Å². The third-order valence-electron chi connectivity index (χ3n) is 2.11. The highest BCUT2D eigenvalue weighted by Gasteiger charge is 2.32. The molecule has 0 aliphatic rings.